The summed E-state index contributed by atoms with van der Waals surface area (Å²) in [4.78, 5) is 14.3. The Kier molecular flexibility index (Phi) is 5.23. The molecule has 1 aromatic carbocycles. The minimum atomic E-state index is -0.0904. The van der Waals surface area contributed by atoms with Crippen LogP contribution in [-0.2, 0) is 11.2 Å². The minimum Gasteiger partial charge on any atom is -0.355 e. The van der Waals surface area contributed by atoms with Gasteiger partial charge in [0.2, 0.25) is 5.91 Å². The number of benzene rings is 1. The quantitative estimate of drug-likeness (QED) is 0.890. The van der Waals surface area contributed by atoms with E-state index in [1.54, 1.807) is 0 Å². The zero-order valence-corrected chi connectivity index (χ0v) is 14.4. The summed E-state index contributed by atoms with van der Waals surface area (Å²) < 4.78 is 1.00. The highest BCUT2D eigenvalue weighted by Crippen LogP contribution is 2.17. The summed E-state index contributed by atoms with van der Waals surface area (Å²) in [5, 5.41) is 11.1. The number of hydrogen-bond donors (Lipinski definition) is 1. The van der Waals surface area contributed by atoms with Crippen molar-refractivity contribution in [2.75, 3.05) is 23.3 Å². The molecule has 0 unspecified atom stereocenters. The van der Waals surface area contributed by atoms with Crippen LogP contribution in [0.2, 0.25) is 0 Å². The van der Waals surface area contributed by atoms with Gasteiger partial charge in [-0.1, -0.05) is 28.1 Å². The summed E-state index contributed by atoms with van der Waals surface area (Å²) in [6, 6.07) is 11.4. The van der Waals surface area contributed by atoms with Crippen LogP contribution >= 0.6 is 15.9 Å². The summed E-state index contributed by atoms with van der Waals surface area (Å²) in [6.07, 6.45) is 4.01. The minimum absolute atomic E-state index is 0.0904. The predicted molar refractivity (Wildman–Crippen MR) is 94.6 cm³/mol. The number of nitrogens with one attached hydrogen (secondary N) is 1. The second kappa shape index (κ2) is 7.55. The van der Waals surface area contributed by atoms with Gasteiger partial charge in [-0.2, -0.15) is 0 Å². The largest absolute Gasteiger partial charge is 0.355 e. The summed E-state index contributed by atoms with van der Waals surface area (Å²) in [6.45, 7) is 2.06. The molecular formula is C17H19BrN4O. The van der Waals surface area contributed by atoms with Gasteiger partial charge in [0.15, 0.2) is 11.6 Å². The van der Waals surface area contributed by atoms with Gasteiger partial charge in [-0.05, 0) is 49.1 Å². The smallest absolute Gasteiger partial charge is 0.229 e. The Morgan fingerprint density at radius 1 is 1.04 bits per heavy atom. The molecule has 1 saturated heterocycles. The molecule has 1 aliphatic rings. The van der Waals surface area contributed by atoms with Crippen LogP contribution in [0.1, 0.15) is 24.8 Å². The number of carbonyl (C=O) groups excluding carboxylic acids is 1. The lowest BCUT2D eigenvalue weighted by Crippen LogP contribution is -2.30. The number of anilines is 2. The Morgan fingerprint density at radius 3 is 2.43 bits per heavy atom. The van der Waals surface area contributed by atoms with Gasteiger partial charge in [-0.15, -0.1) is 10.2 Å². The number of rotatable bonds is 4. The molecule has 6 heteroatoms. The van der Waals surface area contributed by atoms with Crippen LogP contribution in [0.4, 0.5) is 11.6 Å². The normalized spacial score (nSPS) is 14.6. The monoisotopic (exact) mass is 374 g/mol. The zero-order chi connectivity index (χ0) is 16.1. The first-order chi connectivity index (χ1) is 11.2. The lowest BCUT2D eigenvalue weighted by Gasteiger charge is -2.27. The van der Waals surface area contributed by atoms with Gasteiger partial charge >= 0.3 is 0 Å². The summed E-state index contributed by atoms with van der Waals surface area (Å²) in [5.41, 5.74) is 0.962. The van der Waals surface area contributed by atoms with Crippen molar-refractivity contribution in [3.8, 4) is 0 Å². The third-order valence-corrected chi connectivity index (χ3v) is 4.40. The van der Waals surface area contributed by atoms with E-state index in [9.17, 15) is 4.79 Å². The highest BCUT2D eigenvalue weighted by atomic mass is 79.9. The third kappa shape index (κ3) is 4.51. The average molecular weight is 375 g/mol. The first kappa shape index (κ1) is 15.9. The van der Waals surface area contributed by atoms with Gasteiger partial charge < -0.3 is 10.2 Å². The first-order valence-corrected chi connectivity index (χ1v) is 8.63. The van der Waals surface area contributed by atoms with Crippen LogP contribution in [0.3, 0.4) is 0 Å². The molecule has 120 valence electrons. The highest BCUT2D eigenvalue weighted by molar-refractivity contribution is 9.10. The standard InChI is InChI=1S/C17H19BrN4O/c18-14-6-4-13(5-7-14)12-17(23)19-15-8-9-16(21-20-15)22-10-2-1-3-11-22/h4-9H,1-3,10-12H2,(H,19,20,23). The van der Waals surface area contributed by atoms with Crippen LogP contribution < -0.4 is 10.2 Å². The van der Waals surface area contributed by atoms with Gasteiger partial charge in [0, 0.05) is 17.6 Å². The van der Waals surface area contributed by atoms with Gasteiger partial charge in [-0.3, -0.25) is 4.79 Å². The number of piperidine rings is 1. The highest BCUT2D eigenvalue weighted by Gasteiger charge is 2.13. The van der Waals surface area contributed by atoms with E-state index in [1.165, 1.54) is 19.3 Å². The van der Waals surface area contributed by atoms with Gasteiger partial charge in [-0.25, -0.2) is 0 Å². The molecule has 0 aliphatic carbocycles. The van der Waals surface area contributed by atoms with Crippen molar-refractivity contribution in [2.24, 2.45) is 0 Å². The molecule has 0 spiro atoms. The Hall–Kier alpha value is -1.95. The Labute approximate surface area is 144 Å². The van der Waals surface area contributed by atoms with Crippen LogP contribution in [0, 0.1) is 0 Å². The fourth-order valence-corrected chi connectivity index (χ4v) is 2.92. The zero-order valence-electron chi connectivity index (χ0n) is 12.8. The Morgan fingerprint density at radius 2 is 1.78 bits per heavy atom. The van der Waals surface area contributed by atoms with Gasteiger partial charge in [0.25, 0.3) is 0 Å². The number of halogens is 1. The van der Waals surface area contributed by atoms with E-state index in [4.69, 9.17) is 0 Å². The summed E-state index contributed by atoms with van der Waals surface area (Å²) in [5.74, 6) is 1.29. The third-order valence-electron chi connectivity index (χ3n) is 3.88. The molecule has 1 aromatic heterocycles. The lowest BCUT2D eigenvalue weighted by molar-refractivity contribution is -0.115. The molecule has 3 rings (SSSR count). The molecule has 23 heavy (non-hydrogen) atoms. The maximum Gasteiger partial charge on any atom is 0.229 e. The molecule has 0 saturated carbocycles. The van der Waals surface area contributed by atoms with Crippen molar-refractivity contribution in [1.29, 1.82) is 0 Å². The lowest BCUT2D eigenvalue weighted by atomic mass is 10.1. The average Bonchev–Trinajstić information content (AvgIpc) is 2.58. The van der Waals surface area contributed by atoms with Gasteiger partial charge in [0.05, 0.1) is 6.42 Å². The molecule has 2 aromatic rings. The maximum absolute atomic E-state index is 12.1. The maximum atomic E-state index is 12.1. The van der Waals surface area contributed by atoms with Crippen LogP contribution in [-0.4, -0.2) is 29.2 Å². The van der Waals surface area contributed by atoms with E-state index < -0.39 is 0 Å². The molecule has 1 N–H and O–H groups in total. The molecule has 1 fully saturated rings. The van der Waals surface area contributed by atoms with Crippen molar-refractivity contribution in [3.05, 3.63) is 46.4 Å². The number of hydrogen-bond acceptors (Lipinski definition) is 4. The van der Waals surface area contributed by atoms with E-state index in [1.807, 2.05) is 36.4 Å². The molecule has 0 atom stereocenters. The number of amides is 1. The number of nitrogens with zero attached hydrogens (tertiary/aromatic N) is 3. The molecular weight excluding hydrogens is 356 g/mol. The summed E-state index contributed by atoms with van der Waals surface area (Å²) >= 11 is 3.38. The first-order valence-electron chi connectivity index (χ1n) is 7.84. The molecule has 0 bridgehead atoms. The van der Waals surface area contributed by atoms with Crippen molar-refractivity contribution in [2.45, 2.75) is 25.7 Å². The van der Waals surface area contributed by atoms with Crippen LogP contribution in [0.25, 0.3) is 0 Å². The molecule has 5 nitrogen and oxygen atoms in total. The SMILES string of the molecule is O=C(Cc1ccc(Br)cc1)Nc1ccc(N2CCCCC2)nn1. The fourth-order valence-electron chi connectivity index (χ4n) is 2.66. The topological polar surface area (TPSA) is 58.1 Å². The summed E-state index contributed by atoms with van der Waals surface area (Å²) in [7, 11) is 0. The second-order valence-corrected chi connectivity index (χ2v) is 6.59. The van der Waals surface area contributed by atoms with Crippen molar-refractivity contribution in [3.63, 3.8) is 0 Å². The second-order valence-electron chi connectivity index (χ2n) is 5.68. The van der Waals surface area contributed by atoms with E-state index in [0.29, 0.717) is 12.2 Å². The van der Waals surface area contributed by atoms with E-state index in [2.05, 4.69) is 36.3 Å². The Balaban J connectivity index is 1.57. The number of aromatic nitrogens is 2. The van der Waals surface area contributed by atoms with Crippen LogP contribution in [0.5, 0.6) is 0 Å². The predicted octanol–water partition coefficient (Wildman–Crippen LogP) is 3.41. The van der Waals surface area contributed by atoms with Crippen molar-refractivity contribution >= 4 is 33.5 Å². The van der Waals surface area contributed by atoms with Crippen molar-refractivity contribution in [1.82, 2.24) is 10.2 Å². The van der Waals surface area contributed by atoms with Crippen LogP contribution in [0.15, 0.2) is 40.9 Å². The van der Waals surface area contributed by atoms with E-state index in [0.717, 1.165) is 28.9 Å². The molecule has 2 heterocycles. The van der Waals surface area contributed by atoms with E-state index in [-0.39, 0.29) is 5.91 Å². The molecule has 0 radical (unpaired) electrons. The van der Waals surface area contributed by atoms with Crippen molar-refractivity contribution < 1.29 is 4.79 Å². The fraction of sp³-hybridized carbons (Fsp3) is 0.353. The van der Waals surface area contributed by atoms with Gasteiger partial charge in [0.1, 0.15) is 0 Å². The van der Waals surface area contributed by atoms with E-state index >= 15 is 0 Å². The Bertz CT molecular complexity index is 651. The number of carbonyl (C=O) groups is 1. The molecule has 1 aliphatic heterocycles. The molecule has 1 amide bonds.